The summed E-state index contributed by atoms with van der Waals surface area (Å²) in [4.78, 5) is 11.7. The Balaban J connectivity index is 4.59. The van der Waals surface area contributed by atoms with Crippen molar-refractivity contribution in [2.24, 2.45) is 5.92 Å². The molecule has 0 saturated heterocycles. The van der Waals surface area contributed by atoms with Crippen molar-refractivity contribution in [3.8, 4) is 0 Å². The molecule has 0 aliphatic heterocycles. The van der Waals surface area contributed by atoms with Gasteiger partial charge in [-0.05, 0) is 0 Å². The molecule has 0 aliphatic carbocycles. The Bertz CT molecular complexity index is 222. The van der Waals surface area contributed by atoms with E-state index >= 15 is 0 Å². The SMILES string of the molecule is CCC(CC)/C(O)=C/[C](=O)[Ge]([CH3])([CH3])[CH3]. The van der Waals surface area contributed by atoms with Gasteiger partial charge >= 0.3 is 89.5 Å². The summed E-state index contributed by atoms with van der Waals surface area (Å²) in [7, 11) is 0. The van der Waals surface area contributed by atoms with Crippen molar-refractivity contribution in [2.75, 3.05) is 0 Å². The first-order chi connectivity index (χ1) is 6.32. The Morgan fingerprint density at radius 1 is 1.29 bits per heavy atom. The summed E-state index contributed by atoms with van der Waals surface area (Å²) in [5, 5.41) is 9.71. The van der Waals surface area contributed by atoms with Crippen molar-refractivity contribution < 1.29 is 9.90 Å². The quantitative estimate of drug-likeness (QED) is 0.467. The number of aliphatic hydroxyl groups is 1. The fraction of sp³-hybridized carbons (Fsp3) is 0.727. The topological polar surface area (TPSA) is 37.3 Å². The standard InChI is InChI=1S/C11H22GeO2/c1-6-9(7-2)10(13)8-11(14)12(3,4)5/h8-9,13H,6-7H2,1-5H3/b10-8-. The molecule has 82 valence electrons. The first kappa shape index (κ1) is 13.8. The summed E-state index contributed by atoms with van der Waals surface area (Å²) in [5.74, 6) is 6.56. The third-order valence-corrected chi connectivity index (χ3v) is 5.83. The monoisotopic (exact) mass is 260 g/mol. The van der Waals surface area contributed by atoms with Crippen LogP contribution in [0.15, 0.2) is 11.8 Å². The van der Waals surface area contributed by atoms with Gasteiger partial charge in [0.1, 0.15) is 0 Å². The Labute approximate surface area is 89.8 Å². The van der Waals surface area contributed by atoms with Gasteiger partial charge in [0, 0.05) is 0 Å². The van der Waals surface area contributed by atoms with E-state index in [9.17, 15) is 9.90 Å². The van der Waals surface area contributed by atoms with Gasteiger partial charge in [0.2, 0.25) is 0 Å². The molecule has 0 amide bonds. The van der Waals surface area contributed by atoms with Crippen LogP contribution >= 0.6 is 0 Å². The van der Waals surface area contributed by atoms with Gasteiger partial charge in [0.15, 0.2) is 0 Å². The van der Waals surface area contributed by atoms with Crippen molar-refractivity contribution in [3.63, 3.8) is 0 Å². The van der Waals surface area contributed by atoms with E-state index < -0.39 is 13.3 Å². The first-order valence-electron chi connectivity index (χ1n) is 5.27. The Morgan fingerprint density at radius 2 is 1.71 bits per heavy atom. The Morgan fingerprint density at radius 3 is 2.00 bits per heavy atom. The van der Waals surface area contributed by atoms with Crippen LogP contribution < -0.4 is 0 Å². The maximum atomic E-state index is 11.7. The second-order valence-electron chi connectivity index (χ2n) is 4.70. The van der Waals surface area contributed by atoms with Crippen LogP contribution in [0.4, 0.5) is 0 Å². The number of carbonyl (C=O) groups excluding carboxylic acids is 1. The van der Waals surface area contributed by atoms with Crippen LogP contribution in [0.3, 0.4) is 0 Å². The minimum atomic E-state index is -2.25. The normalized spacial score (nSPS) is 13.4. The van der Waals surface area contributed by atoms with E-state index in [0.29, 0.717) is 0 Å². The van der Waals surface area contributed by atoms with E-state index in [4.69, 9.17) is 0 Å². The fourth-order valence-electron chi connectivity index (χ4n) is 1.18. The zero-order chi connectivity index (χ0) is 11.4. The average Bonchev–Trinajstić information content (AvgIpc) is 2.04. The van der Waals surface area contributed by atoms with Gasteiger partial charge in [-0.25, -0.2) is 0 Å². The average molecular weight is 259 g/mol. The molecule has 0 spiro atoms. The number of hydrogen-bond donors (Lipinski definition) is 1. The fourth-order valence-corrected chi connectivity index (χ4v) is 2.39. The second kappa shape index (κ2) is 5.59. The van der Waals surface area contributed by atoms with Crippen LogP contribution in [0.5, 0.6) is 0 Å². The van der Waals surface area contributed by atoms with Gasteiger partial charge in [-0.15, -0.1) is 0 Å². The third-order valence-electron chi connectivity index (χ3n) is 2.42. The molecule has 0 unspecified atom stereocenters. The Kier molecular flexibility index (Phi) is 5.49. The van der Waals surface area contributed by atoms with E-state index in [1.807, 2.05) is 31.1 Å². The van der Waals surface area contributed by atoms with E-state index in [1.165, 1.54) is 6.08 Å². The molecule has 0 heterocycles. The summed E-state index contributed by atoms with van der Waals surface area (Å²) in [5.41, 5.74) is 0. The Hall–Kier alpha value is -0.247. The van der Waals surface area contributed by atoms with Crippen LogP contribution in [-0.2, 0) is 4.79 Å². The molecule has 0 radical (unpaired) electrons. The third kappa shape index (κ3) is 4.31. The number of rotatable bonds is 5. The van der Waals surface area contributed by atoms with Crippen molar-refractivity contribution in [1.29, 1.82) is 0 Å². The molecule has 1 N–H and O–H groups in total. The molecule has 0 aromatic rings. The molecule has 0 aromatic heterocycles. The molecule has 0 aromatic carbocycles. The van der Waals surface area contributed by atoms with Crippen molar-refractivity contribution in [3.05, 3.63) is 11.8 Å². The van der Waals surface area contributed by atoms with Crippen LogP contribution in [0, 0.1) is 5.92 Å². The van der Waals surface area contributed by atoms with Crippen molar-refractivity contribution in [2.45, 2.75) is 44.0 Å². The molecule has 0 atom stereocenters. The van der Waals surface area contributed by atoms with E-state index in [0.717, 1.165) is 12.8 Å². The van der Waals surface area contributed by atoms with Gasteiger partial charge < -0.3 is 0 Å². The van der Waals surface area contributed by atoms with E-state index in [2.05, 4.69) is 0 Å². The maximum absolute atomic E-state index is 11.7. The summed E-state index contributed by atoms with van der Waals surface area (Å²) in [6.45, 7) is 4.06. The van der Waals surface area contributed by atoms with Gasteiger partial charge in [-0.3, -0.25) is 0 Å². The van der Waals surface area contributed by atoms with Gasteiger partial charge in [0.05, 0.1) is 0 Å². The first-order valence-corrected chi connectivity index (χ1v) is 12.6. The molecule has 0 rings (SSSR count). The molecule has 14 heavy (non-hydrogen) atoms. The number of hydrogen-bond acceptors (Lipinski definition) is 2. The van der Waals surface area contributed by atoms with Crippen molar-refractivity contribution in [1.82, 2.24) is 0 Å². The number of carbonyl (C=O) groups is 1. The molecular weight excluding hydrogens is 237 g/mol. The summed E-state index contributed by atoms with van der Waals surface area (Å²) < 4.78 is 0.175. The van der Waals surface area contributed by atoms with E-state index in [1.54, 1.807) is 0 Å². The summed E-state index contributed by atoms with van der Waals surface area (Å²) in [6.07, 6.45) is 3.25. The number of allylic oxidation sites excluding steroid dienone is 2. The van der Waals surface area contributed by atoms with Gasteiger partial charge in [0.25, 0.3) is 0 Å². The predicted octanol–water partition coefficient (Wildman–Crippen LogP) is 3.31. The zero-order valence-corrected chi connectivity index (χ0v) is 12.0. The van der Waals surface area contributed by atoms with Crippen LogP contribution in [0.25, 0.3) is 0 Å². The minimum absolute atomic E-state index is 0.156. The van der Waals surface area contributed by atoms with Crippen molar-refractivity contribution >= 4 is 17.9 Å². The predicted molar refractivity (Wildman–Crippen MR) is 63.1 cm³/mol. The molecule has 0 fully saturated rings. The molecule has 0 bridgehead atoms. The zero-order valence-electron chi connectivity index (χ0n) is 9.92. The molecule has 0 saturated carbocycles. The summed E-state index contributed by atoms with van der Waals surface area (Å²) in [6, 6.07) is 0. The molecular formula is C11H22GeO2. The molecule has 3 heteroatoms. The number of aliphatic hydroxyl groups excluding tert-OH is 1. The van der Waals surface area contributed by atoms with Crippen LogP contribution in [-0.4, -0.2) is 23.0 Å². The van der Waals surface area contributed by atoms with Crippen LogP contribution in [0.1, 0.15) is 26.7 Å². The molecule has 2 nitrogen and oxygen atoms in total. The molecule has 0 aliphatic rings. The second-order valence-corrected chi connectivity index (χ2v) is 15.2. The van der Waals surface area contributed by atoms with Gasteiger partial charge in [-0.2, -0.15) is 0 Å². The van der Waals surface area contributed by atoms with Gasteiger partial charge in [-0.1, -0.05) is 0 Å². The summed E-state index contributed by atoms with van der Waals surface area (Å²) >= 11 is -2.25. The van der Waals surface area contributed by atoms with E-state index in [-0.39, 0.29) is 16.3 Å². The van der Waals surface area contributed by atoms with Crippen LogP contribution in [0.2, 0.25) is 17.3 Å².